The molecule has 0 radical (unpaired) electrons. The highest BCUT2D eigenvalue weighted by Gasteiger charge is 2.15. The maximum atomic E-state index is 12.4. The minimum Gasteiger partial charge on any atom is -0.493 e. The van der Waals surface area contributed by atoms with Gasteiger partial charge in [-0.25, -0.2) is 0 Å². The summed E-state index contributed by atoms with van der Waals surface area (Å²) >= 11 is 0. The van der Waals surface area contributed by atoms with Gasteiger partial charge in [-0.3, -0.25) is 9.78 Å². The average molecular weight is 359 g/mol. The average Bonchev–Trinajstić information content (AvgIpc) is 2.73. The first-order chi connectivity index (χ1) is 13.2. The number of anilines is 1. The van der Waals surface area contributed by atoms with Gasteiger partial charge < -0.3 is 14.8 Å². The van der Waals surface area contributed by atoms with Crippen LogP contribution in [0.3, 0.4) is 0 Å². The zero-order chi connectivity index (χ0) is 19.2. The summed E-state index contributed by atoms with van der Waals surface area (Å²) in [5, 5.41) is 12.5. The number of carbonyl (C=O) groups excluding carboxylic acids is 1. The Kier molecular flexibility index (Phi) is 5.33. The standard InChI is InChI=1S/C21H17N3O3/c1-26-19-9-8-14(11-20(19)27-2)16-6-3-7-18(17(16)12-22)24-21(25)15-5-4-10-23-13-15/h3-11,13H,1-2H3,(H,24,25). The lowest BCUT2D eigenvalue weighted by atomic mass is 9.98. The molecule has 3 rings (SSSR count). The minimum absolute atomic E-state index is 0.330. The summed E-state index contributed by atoms with van der Waals surface area (Å²) in [6.07, 6.45) is 3.06. The normalized spacial score (nSPS) is 9.96. The molecule has 0 atom stereocenters. The van der Waals surface area contributed by atoms with Crippen LogP contribution >= 0.6 is 0 Å². The molecule has 0 fully saturated rings. The molecule has 134 valence electrons. The van der Waals surface area contributed by atoms with E-state index < -0.39 is 0 Å². The summed E-state index contributed by atoms with van der Waals surface area (Å²) in [5.74, 6) is 0.827. The van der Waals surface area contributed by atoms with Crippen LogP contribution in [0.15, 0.2) is 60.9 Å². The van der Waals surface area contributed by atoms with Crippen molar-refractivity contribution in [2.24, 2.45) is 0 Å². The predicted octanol–water partition coefficient (Wildman–Crippen LogP) is 3.89. The summed E-state index contributed by atoms with van der Waals surface area (Å²) < 4.78 is 10.6. The number of hydrogen-bond acceptors (Lipinski definition) is 5. The molecule has 0 aliphatic heterocycles. The fourth-order valence-corrected chi connectivity index (χ4v) is 2.71. The van der Waals surface area contributed by atoms with Gasteiger partial charge in [-0.15, -0.1) is 0 Å². The van der Waals surface area contributed by atoms with Crippen molar-refractivity contribution in [1.82, 2.24) is 4.98 Å². The van der Waals surface area contributed by atoms with Crippen LogP contribution in [0.5, 0.6) is 11.5 Å². The highest BCUT2D eigenvalue weighted by molar-refractivity contribution is 6.05. The second-order valence-electron chi connectivity index (χ2n) is 5.61. The molecule has 0 aliphatic rings. The van der Waals surface area contributed by atoms with Crippen molar-refractivity contribution < 1.29 is 14.3 Å². The van der Waals surface area contributed by atoms with E-state index in [0.717, 1.165) is 5.56 Å². The summed E-state index contributed by atoms with van der Waals surface area (Å²) in [4.78, 5) is 16.4. The number of pyridine rings is 1. The number of hydrogen-bond donors (Lipinski definition) is 1. The van der Waals surface area contributed by atoms with Crippen molar-refractivity contribution in [1.29, 1.82) is 5.26 Å². The Bertz CT molecular complexity index is 1010. The molecule has 0 aliphatic carbocycles. The van der Waals surface area contributed by atoms with Crippen LogP contribution in [0.1, 0.15) is 15.9 Å². The van der Waals surface area contributed by atoms with E-state index in [2.05, 4.69) is 16.4 Å². The van der Waals surface area contributed by atoms with Crippen molar-refractivity contribution in [2.45, 2.75) is 0 Å². The highest BCUT2D eigenvalue weighted by atomic mass is 16.5. The highest BCUT2D eigenvalue weighted by Crippen LogP contribution is 2.35. The van der Waals surface area contributed by atoms with E-state index in [1.165, 1.54) is 6.20 Å². The SMILES string of the molecule is COc1ccc(-c2cccc(NC(=O)c3cccnc3)c2C#N)cc1OC. The number of aromatic nitrogens is 1. The first-order valence-electron chi connectivity index (χ1n) is 8.14. The van der Waals surface area contributed by atoms with Gasteiger partial charge in [-0.1, -0.05) is 18.2 Å². The second-order valence-corrected chi connectivity index (χ2v) is 5.61. The molecule has 6 heteroatoms. The predicted molar refractivity (Wildman–Crippen MR) is 102 cm³/mol. The van der Waals surface area contributed by atoms with Crippen LogP contribution in [0.25, 0.3) is 11.1 Å². The Labute approximate surface area is 157 Å². The Morgan fingerprint density at radius 1 is 1.07 bits per heavy atom. The first kappa shape index (κ1) is 18.0. The topological polar surface area (TPSA) is 84.2 Å². The number of nitrogens with one attached hydrogen (secondary N) is 1. The van der Waals surface area contributed by atoms with Gasteiger partial charge in [0, 0.05) is 18.0 Å². The van der Waals surface area contributed by atoms with E-state index in [0.29, 0.717) is 33.9 Å². The number of nitriles is 1. The van der Waals surface area contributed by atoms with E-state index in [9.17, 15) is 10.1 Å². The number of amides is 1. The summed E-state index contributed by atoms with van der Waals surface area (Å²) in [6, 6.07) is 16.2. The molecule has 3 aromatic rings. The number of benzene rings is 2. The smallest absolute Gasteiger partial charge is 0.257 e. The Morgan fingerprint density at radius 2 is 1.89 bits per heavy atom. The zero-order valence-electron chi connectivity index (χ0n) is 14.9. The number of carbonyl (C=O) groups is 1. The zero-order valence-corrected chi connectivity index (χ0v) is 14.9. The maximum absolute atomic E-state index is 12.4. The van der Waals surface area contributed by atoms with Crippen molar-refractivity contribution in [3.05, 3.63) is 72.1 Å². The molecule has 6 nitrogen and oxygen atoms in total. The molecular weight excluding hydrogens is 342 g/mol. The number of ether oxygens (including phenoxy) is 2. The van der Waals surface area contributed by atoms with Crippen LogP contribution < -0.4 is 14.8 Å². The van der Waals surface area contributed by atoms with Gasteiger partial charge in [0.1, 0.15) is 6.07 Å². The molecule has 0 saturated carbocycles. The Hall–Kier alpha value is -3.85. The lowest BCUT2D eigenvalue weighted by molar-refractivity contribution is 0.102. The monoisotopic (exact) mass is 359 g/mol. The van der Waals surface area contributed by atoms with Gasteiger partial charge in [0.2, 0.25) is 0 Å². The van der Waals surface area contributed by atoms with Gasteiger partial charge in [-0.05, 0) is 35.9 Å². The van der Waals surface area contributed by atoms with Gasteiger partial charge in [-0.2, -0.15) is 5.26 Å². The summed E-state index contributed by atoms with van der Waals surface area (Å²) in [7, 11) is 3.12. The third kappa shape index (κ3) is 3.72. The molecule has 1 amide bonds. The third-order valence-corrected chi connectivity index (χ3v) is 4.04. The first-order valence-corrected chi connectivity index (χ1v) is 8.14. The van der Waals surface area contributed by atoms with Crippen LogP contribution in [-0.2, 0) is 0 Å². The lowest BCUT2D eigenvalue weighted by Gasteiger charge is -2.13. The molecule has 1 aromatic heterocycles. The van der Waals surface area contributed by atoms with E-state index in [-0.39, 0.29) is 5.91 Å². The van der Waals surface area contributed by atoms with Crippen molar-refractivity contribution in [3.63, 3.8) is 0 Å². The Morgan fingerprint density at radius 3 is 2.56 bits per heavy atom. The molecule has 1 heterocycles. The van der Waals surface area contributed by atoms with E-state index in [1.54, 1.807) is 56.8 Å². The van der Waals surface area contributed by atoms with Crippen LogP contribution in [0, 0.1) is 11.3 Å². The third-order valence-electron chi connectivity index (χ3n) is 4.04. The maximum Gasteiger partial charge on any atom is 0.257 e. The van der Waals surface area contributed by atoms with Gasteiger partial charge in [0.15, 0.2) is 11.5 Å². The lowest BCUT2D eigenvalue weighted by Crippen LogP contribution is -2.13. The molecule has 0 unspecified atom stereocenters. The molecule has 1 N–H and O–H groups in total. The molecular formula is C21H17N3O3. The molecule has 0 saturated heterocycles. The van der Waals surface area contributed by atoms with E-state index in [4.69, 9.17) is 9.47 Å². The van der Waals surface area contributed by atoms with Crippen LogP contribution in [0.4, 0.5) is 5.69 Å². The van der Waals surface area contributed by atoms with Crippen LogP contribution in [-0.4, -0.2) is 25.1 Å². The summed E-state index contributed by atoms with van der Waals surface area (Å²) in [6.45, 7) is 0. The molecule has 0 spiro atoms. The minimum atomic E-state index is -0.330. The molecule has 0 bridgehead atoms. The molecule has 27 heavy (non-hydrogen) atoms. The number of methoxy groups -OCH3 is 2. The molecule has 2 aromatic carbocycles. The largest absolute Gasteiger partial charge is 0.493 e. The van der Waals surface area contributed by atoms with Gasteiger partial charge >= 0.3 is 0 Å². The van der Waals surface area contributed by atoms with E-state index in [1.807, 2.05) is 12.1 Å². The second kappa shape index (κ2) is 8.02. The fraction of sp³-hybridized carbons (Fsp3) is 0.0952. The van der Waals surface area contributed by atoms with Gasteiger partial charge in [0.05, 0.1) is 31.0 Å². The van der Waals surface area contributed by atoms with Crippen LogP contribution in [0.2, 0.25) is 0 Å². The fourth-order valence-electron chi connectivity index (χ4n) is 2.71. The quantitative estimate of drug-likeness (QED) is 0.747. The summed E-state index contributed by atoms with van der Waals surface area (Å²) in [5.41, 5.74) is 2.67. The Balaban J connectivity index is 2.00. The number of nitrogens with zero attached hydrogens (tertiary/aromatic N) is 2. The van der Waals surface area contributed by atoms with Gasteiger partial charge in [0.25, 0.3) is 5.91 Å². The van der Waals surface area contributed by atoms with Crippen molar-refractivity contribution in [3.8, 4) is 28.7 Å². The van der Waals surface area contributed by atoms with E-state index >= 15 is 0 Å². The van der Waals surface area contributed by atoms with Crippen molar-refractivity contribution in [2.75, 3.05) is 19.5 Å². The number of rotatable bonds is 5. The van der Waals surface area contributed by atoms with Crippen molar-refractivity contribution >= 4 is 11.6 Å².